The Bertz CT molecular complexity index is 1400. The SMILES string of the molecule is Cc1cc(C)c(/C=C/c2onc(C)c2S(=O)(=O)N2CCC[C@H](C(=O)Nc3ccccc3C)C2)c(C)c1. The zero-order chi connectivity index (χ0) is 26.0. The molecule has 1 atom stereocenters. The molecule has 0 bridgehead atoms. The van der Waals surface area contributed by atoms with Crippen molar-refractivity contribution in [2.24, 2.45) is 5.92 Å². The Morgan fingerprint density at radius 3 is 2.44 bits per heavy atom. The van der Waals surface area contributed by atoms with Crippen LogP contribution in [0, 0.1) is 40.5 Å². The van der Waals surface area contributed by atoms with Crippen LogP contribution in [0.3, 0.4) is 0 Å². The normalized spacial score (nSPS) is 17.0. The van der Waals surface area contributed by atoms with E-state index in [1.165, 1.54) is 9.87 Å². The van der Waals surface area contributed by atoms with E-state index in [-0.39, 0.29) is 23.1 Å². The van der Waals surface area contributed by atoms with Crippen LogP contribution in [0.1, 0.15) is 52.1 Å². The lowest BCUT2D eigenvalue weighted by molar-refractivity contribution is -0.120. The second-order valence-electron chi connectivity index (χ2n) is 9.61. The van der Waals surface area contributed by atoms with Gasteiger partial charge in [0.2, 0.25) is 15.9 Å². The zero-order valence-corrected chi connectivity index (χ0v) is 22.3. The average molecular weight is 508 g/mol. The molecule has 8 heteroatoms. The van der Waals surface area contributed by atoms with Gasteiger partial charge < -0.3 is 9.84 Å². The summed E-state index contributed by atoms with van der Waals surface area (Å²) in [7, 11) is -3.91. The van der Waals surface area contributed by atoms with Gasteiger partial charge in [-0.2, -0.15) is 4.31 Å². The Hall–Kier alpha value is -3.23. The summed E-state index contributed by atoms with van der Waals surface area (Å²) < 4.78 is 34.3. The van der Waals surface area contributed by atoms with Gasteiger partial charge in [-0.15, -0.1) is 0 Å². The third kappa shape index (κ3) is 5.29. The molecule has 0 aliphatic carbocycles. The summed E-state index contributed by atoms with van der Waals surface area (Å²) in [5, 5.41) is 6.92. The minimum Gasteiger partial charge on any atom is -0.355 e. The van der Waals surface area contributed by atoms with Crippen LogP contribution in [-0.2, 0) is 14.8 Å². The van der Waals surface area contributed by atoms with Gasteiger partial charge in [-0.1, -0.05) is 47.1 Å². The van der Waals surface area contributed by atoms with E-state index in [0.29, 0.717) is 25.1 Å². The number of hydrogen-bond donors (Lipinski definition) is 1. The molecule has 1 fully saturated rings. The number of benzene rings is 2. The molecule has 1 aliphatic rings. The summed E-state index contributed by atoms with van der Waals surface area (Å²) in [4.78, 5) is 13.0. The number of nitrogens with one attached hydrogen (secondary N) is 1. The summed E-state index contributed by atoms with van der Waals surface area (Å²) in [5.41, 5.74) is 6.40. The van der Waals surface area contributed by atoms with Gasteiger partial charge in [0.05, 0.1) is 5.92 Å². The van der Waals surface area contributed by atoms with Gasteiger partial charge >= 0.3 is 0 Å². The lowest BCUT2D eigenvalue weighted by atomic mass is 9.98. The molecule has 0 spiro atoms. The minimum atomic E-state index is -3.91. The number of piperidine rings is 1. The highest BCUT2D eigenvalue weighted by atomic mass is 32.2. The van der Waals surface area contributed by atoms with Gasteiger partial charge in [0.1, 0.15) is 5.69 Å². The summed E-state index contributed by atoms with van der Waals surface area (Å²) in [6.45, 7) is 10.1. The number of amides is 1. The highest BCUT2D eigenvalue weighted by molar-refractivity contribution is 7.89. The molecule has 2 aromatic carbocycles. The quantitative estimate of drug-likeness (QED) is 0.481. The van der Waals surface area contributed by atoms with Crippen molar-refractivity contribution in [2.75, 3.05) is 18.4 Å². The summed E-state index contributed by atoms with van der Waals surface area (Å²) in [6, 6.07) is 11.7. The van der Waals surface area contributed by atoms with Gasteiger partial charge in [-0.3, -0.25) is 4.79 Å². The van der Waals surface area contributed by atoms with E-state index < -0.39 is 15.9 Å². The summed E-state index contributed by atoms with van der Waals surface area (Å²) in [6.07, 6.45) is 4.77. The van der Waals surface area contributed by atoms with Crippen molar-refractivity contribution >= 4 is 33.8 Å². The van der Waals surface area contributed by atoms with Crippen LogP contribution < -0.4 is 5.32 Å². The number of anilines is 1. The molecule has 3 aromatic rings. The Morgan fingerprint density at radius 1 is 1.06 bits per heavy atom. The monoisotopic (exact) mass is 507 g/mol. The van der Waals surface area contributed by atoms with Gasteiger partial charge in [-0.05, 0) is 81.9 Å². The van der Waals surface area contributed by atoms with Crippen LogP contribution in [0.2, 0.25) is 0 Å². The fourth-order valence-electron chi connectivity index (χ4n) is 4.86. The second-order valence-corrected chi connectivity index (χ2v) is 11.5. The Morgan fingerprint density at radius 2 is 1.75 bits per heavy atom. The number of carbonyl (C=O) groups is 1. The van der Waals surface area contributed by atoms with Crippen LogP contribution in [-0.4, -0.2) is 36.9 Å². The smallest absolute Gasteiger partial charge is 0.248 e. The van der Waals surface area contributed by atoms with Crippen molar-refractivity contribution in [3.8, 4) is 0 Å². The molecule has 190 valence electrons. The highest BCUT2D eigenvalue weighted by Crippen LogP contribution is 2.30. The second kappa shape index (κ2) is 10.4. The number of carbonyl (C=O) groups excluding carboxylic acids is 1. The first-order chi connectivity index (χ1) is 17.1. The van der Waals surface area contributed by atoms with E-state index in [0.717, 1.165) is 27.9 Å². The molecular weight excluding hydrogens is 474 g/mol. The number of aryl methyl sites for hydroxylation is 5. The summed E-state index contributed by atoms with van der Waals surface area (Å²) >= 11 is 0. The Balaban J connectivity index is 1.57. The first kappa shape index (κ1) is 25.9. The van der Waals surface area contributed by atoms with E-state index in [9.17, 15) is 13.2 Å². The first-order valence-electron chi connectivity index (χ1n) is 12.2. The molecule has 1 aliphatic heterocycles. The van der Waals surface area contributed by atoms with Crippen molar-refractivity contribution in [3.05, 3.63) is 75.7 Å². The van der Waals surface area contributed by atoms with Crippen LogP contribution in [0.15, 0.2) is 45.8 Å². The van der Waals surface area contributed by atoms with Crippen LogP contribution in [0.25, 0.3) is 12.2 Å². The number of rotatable bonds is 6. The average Bonchev–Trinajstić information content (AvgIpc) is 3.21. The van der Waals surface area contributed by atoms with Gasteiger partial charge in [0, 0.05) is 18.8 Å². The molecule has 1 amide bonds. The minimum absolute atomic E-state index is 0.0566. The van der Waals surface area contributed by atoms with Gasteiger partial charge in [0.25, 0.3) is 0 Å². The molecule has 4 rings (SSSR count). The largest absolute Gasteiger partial charge is 0.355 e. The molecule has 36 heavy (non-hydrogen) atoms. The lowest BCUT2D eigenvalue weighted by Gasteiger charge is -2.31. The first-order valence-corrected chi connectivity index (χ1v) is 13.6. The zero-order valence-electron chi connectivity index (χ0n) is 21.5. The number of hydrogen-bond acceptors (Lipinski definition) is 5. The van der Waals surface area contributed by atoms with E-state index >= 15 is 0 Å². The maximum absolute atomic E-state index is 13.7. The predicted octanol–water partition coefficient (Wildman–Crippen LogP) is 5.43. The maximum Gasteiger partial charge on any atom is 0.248 e. The molecule has 2 heterocycles. The van der Waals surface area contributed by atoms with Crippen molar-refractivity contribution in [1.82, 2.24) is 9.46 Å². The molecule has 0 radical (unpaired) electrons. The van der Waals surface area contributed by atoms with E-state index in [2.05, 4.69) is 22.6 Å². The van der Waals surface area contributed by atoms with Crippen molar-refractivity contribution in [3.63, 3.8) is 0 Å². The van der Waals surface area contributed by atoms with Crippen LogP contribution in [0.4, 0.5) is 5.69 Å². The van der Waals surface area contributed by atoms with Crippen LogP contribution >= 0.6 is 0 Å². The van der Waals surface area contributed by atoms with Crippen molar-refractivity contribution < 1.29 is 17.7 Å². The third-order valence-corrected chi connectivity index (χ3v) is 8.75. The lowest BCUT2D eigenvalue weighted by Crippen LogP contribution is -2.44. The molecule has 7 nitrogen and oxygen atoms in total. The van der Waals surface area contributed by atoms with Crippen LogP contribution in [0.5, 0.6) is 0 Å². The van der Waals surface area contributed by atoms with Gasteiger partial charge in [0.15, 0.2) is 10.7 Å². The predicted molar refractivity (Wildman–Crippen MR) is 142 cm³/mol. The van der Waals surface area contributed by atoms with E-state index in [1.807, 2.05) is 58.0 Å². The van der Waals surface area contributed by atoms with E-state index in [1.54, 1.807) is 13.0 Å². The highest BCUT2D eigenvalue weighted by Gasteiger charge is 2.37. The number of sulfonamides is 1. The fourth-order valence-corrected chi connectivity index (χ4v) is 6.64. The third-order valence-electron chi connectivity index (χ3n) is 6.73. The summed E-state index contributed by atoms with van der Waals surface area (Å²) in [5.74, 6) is -0.416. The fraction of sp³-hybridized carbons (Fsp3) is 0.357. The standard InChI is InChI=1S/C28H33N3O4S/c1-18-15-20(3)24(21(4)16-18)12-13-26-27(22(5)30-35-26)36(33,34)31-14-8-10-23(17-31)28(32)29-25-11-7-6-9-19(25)2/h6-7,9,11-13,15-16,23H,8,10,14,17H2,1-5H3,(H,29,32)/b13-12+/t23-/m0/s1. The number of para-hydroxylation sites is 1. The molecule has 0 unspecified atom stereocenters. The topological polar surface area (TPSA) is 92.5 Å². The van der Waals surface area contributed by atoms with Gasteiger partial charge in [-0.25, -0.2) is 8.42 Å². The molecule has 1 aromatic heterocycles. The molecular formula is C28H33N3O4S. The molecule has 0 saturated carbocycles. The maximum atomic E-state index is 13.7. The van der Waals surface area contributed by atoms with E-state index in [4.69, 9.17) is 4.52 Å². The Kier molecular flexibility index (Phi) is 7.47. The molecule has 1 N–H and O–H groups in total. The number of nitrogens with zero attached hydrogens (tertiary/aromatic N) is 2. The van der Waals surface area contributed by atoms with Crippen molar-refractivity contribution in [2.45, 2.75) is 52.4 Å². The Labute approximate surface area is 213 Å². The van der Waals surface area contributed by atoms with Crippen molar-refractivity contribution in [1.29, 1.82) is 0 Å². The molecule has 1 saturated heterocycles. The number of aromatic nitrogens is 1.